The van der Waals surface area contributed by atoms with Crippen LogP contribution in [0.1, 0.15) is 25.7 Å². The van der Waals surface area contributed by atoms with Crippen molar-refractivity contribution in [1.29, 1.82) is 0 Å². The Kier molecular flexibility index (Phi) is 6.79. The van der Waals surface area contributed by atoms with Gasteiger partial charge in [-0.3, -0.25) is 4.79 Å². The molecule has 0 rings (SSSR count). The van der Waals surface area contributed by atoms with E-state index in [1.165, 1.54) is 7.11 Å². The molecule has 0 amide bonds. The van der Waals surface area contributed by atoms with E-state index in [-0.39, 0.29) is 5.97 Å². The molecule has 0 aromatic carbocycles. The highest BCUT2D eigenvalue weighted by molar-refractivity contribution is 5.69. The number of hydrogen-bond donors (Lipinski definition) is 0. The third kappa shape index (κ3) is 7.10. The molecule has 2 nitrogen and oxygen atoms in total. The van der Waals surface area contributed by atoms with Crippen molar-refractivity contribution in [2.24, 2.45) is 0 Å². The molecule has 0 heterocycles. The van der Waals surface area contributed by atoms with Gasteiger partial charge in [-0.2, -0.15) is 0 Å². The molecule has 0 saturated carbocycles. The molecule has 0 aliphatic rings. The summed E-state index contributed by atoms with van der Waals surface area (Å²) < 4.78 is 4.47. The average molecular weight is 155 g/mol. The van der Waals surface area contributed by atoms with Crippen molar-refractivity contribution in [3.8, 4) is 0 Å². The van der Waals surface area contributed by atoms with Crippen molar-refractivity contribution in [2.45, 2.75) is 25.7 Å². The predicted octanol–water partition coefficient (Wildman–Crippen LogP) is 2.11. The van der Waals surface area contributed by atoms with Crippen molar-refractivity contribution < 1.29 is 9.53 Å². The third-order valence-corrected chi connectivity index (χ3v) is 1.28. The second-order valence-corrected chi connectivity index (χ2v) is 2.23. The second-order valence-electron chi connectivity index (χ2n) is 2.23. The Labute approximate surface area is 68.2 Å². The zero-order chi connectivity index (χ0) is 8.53. The molecule has 0 unspecified atom stereocenters. The van der Waals surface area contributed by atoms with E-state index < -0.39 is 0 Å². The summed E-state index contributed by atoms with van der Waals surface area (Å²) in [5, 5.41) is 0. The summed E-state index contributed by atoms with van der Waals surface area (Å²) in [5.74, 6) is -0.149. The Morgan fingerprint density at radius 2 is 2.09 bits per heavy atom. The van der Waals surface area contributed by atoms with Gasteiger partial charge >= 0.3 is 5.97 Å². The highest BCUT2D eigenvalue weighted by Gasteiger charge is 1.94. The van der Waals surface area contributed by atoms with Crippen molar-refractivity contribution in [1.82, 2.24) is 0 Å². The number of methoxy groups -OCH3 is 1. The Balaban J connectivity index is 3.19. The summed E-state index contributed by atoms with van der Waals surface area (Å²) in [4.78, 5) is 10.6. The molecule has 0 fully saturated rings. The number of hydrogen-bond acceptors (Lipinski definition) is 2. The molecule has 0 aliphatic carbocycles. The molecule has 1 radical (unpaired) electrons. The summed E-state index contributed by atoms with van der Waals surface area (Å²) in [6.07, 6.45) is 7.17. The predicted molar refractivity (Wildman–Crippen MR) is 45.0 cm³/mol. The minimum absolute atomic E-state index is 0.149. The zero-order valence-corrected chi connectivity index (χ0v) is 7.01. The molecule has 0 aromatic heterocycles. The molecule has 0 N–H and O–H groups in total. The van der Waals surface area contributed by atoms with Gasteiger partial charge in [-0.25, -0.2) is 0 Å². The van der Waals surface area contributed by atoms with Crippen LogP contribution in [0.3, 0.4) is 0 Å². The summed E-state index contributed by atoms with van der Waals surface area (Å²) in [6.45, 7) is 3.69. The molecule has 0 aromatic rings. The van der Waals surface area contributed by atoms with Gasteiger partial charge in [0.25, 0.3) is 0 Å². The topological polar surface area (TPSA) is 26.3 Å². The number of carbonyl (C=O) groups excluding carboxylic acids is 1. The lowest BCUT2D eigenvalue weighted by atomic mass is 10.2. The lowest BCUT2D eigenvalue weighted by molar-refractivity contribution is -0.140. The fourth-order valence-electron chi connectivity index (χ4n) is 0.657. The molecule has 0 aliphatic heterocycles. The Hall–Kier alpha value is -0.790. The van der Waals surface area contributed by atoms with Crippen LogP contribution in [0.15, 0.2) is 12.2 Å². The highest BCUT2D eigenvalue weighted by Crippen LogP contribution is 1.95. The van der Waals surface area contributed by atoms with Crippen molar-refractivity contribution in [2.75, 3.05) is 7.11 Å². The number of allylic oxidation sites excluding steroid dienone is 2. The minimum Gasteiger partial charge on any atom is -0.469 e. The summed E-state index contributed by atoms with van der Waals surface area (Å²) in [5.41, 5.74) is 0. The fourth-order valence-corrected chi connectivity index (χ4v) is 0.657. The number of rotatable bonds is 5. The molecular formula is C9H15O2. The first-order chi connectivity index (χ1) is 5.31. The number of unbranched alkanes of at least 4 members (excludes halogenated alkanes) is 1. The minimum atomic E-state index is -0.149. The van der Waals surface area contributed by atoms with Crippen LogP contribution in [0.2, 0.25) is 0 Å². The van der Waals surface area contributed by atoms with Gasteiger partial charge in [0.2, 0.25) is 0 Å². The van der Waals surface area contributed by atoms with Gasteiger partial charge in [0.15, 0.2) is 0 Å². The maximum atomic E-state index is 10.6. The SMILES string of the molecule is [CH2]CC/C=C/CCC(=O)OC. The molecule has 2 heteroatoms. The maximum Gasteiger partial charge on any atom is 0.305 e. The van der Waals surface area contributed by atoms with Gasteiger partial charge < -0.3 is 4.74 Å². The average Bonchev–Trinajstić information content (AvgIpc) is 2.04. The van der Waals surface area contributed by atoms with E-state index in [2.05, 4.69) is 11.7 Å². The molecular weight excluding hydrogens is 140 g/mol. The van der Waals surface area contributed by atoms with Gasteiger partial charge in [0.1, 0.15) is 0 Å². The van der Waals surface area contributed by atoms with E-state index in [4.69, 9.17) is 0 Å². The van der Waals surface area contributed by atoms with Crippen LogP contribution in [0.25, 0.3) is 0 Å². The van der Waals surface area contributed by atoms with E-state index in [9.17, 15) is 4.79 Å². The first-order valence-electron chi connectivity index (χ1n) is 3.82. The molecule has 11 heavy (non-hydrogen) atoms. The second kappa shape index (κ2) is 7.32. The summed E-state index contributed by atoms with van der Waals surface area (Å²) >= 11 is 0. The van der Waals surface area contributed by atoms with Crippen LogP contribution in [0, 0.1) is 6.92 Å². The van der Waals surface area contributed by atoms with Crippen molar-refractivity contribution in [3.63, 3.8) is 0 Å². The van der Waals surface area contributed by atoms with Crippen LogP contribution < -0.4 is 0 Å². The molecule has 0 bridgehead atoms. The van der Waals surface area contributed by atoms with Crippen LogP contribution in [-0.2, 0) is 9.53 Å². The summed E-state index contributed by atoms with van der Waals surface area (Å²) in [7, 11) is 1.40. The Morgan fingerprint density at radius 3 is 2.64 bits per heavy atom. The Morgan fingerprint density at radius 1 is 1.45 bits per heavy atom. The number of esters is 1. The van der Waals surface area contributed by atoms with Crippen molar-refractivity contribution >= 4 is 5.97 Å². The lowest BCUT2D eigenvalue weighted by Gasteiger charge is -1.93. The quantitative estimate of drug-likeness (QED) is 0.449. The third-order valence-electron chi connectivity index (χ3n) is 1.28. The van der Waals surface area contributed by atoms with Gasteiger partial charge in [-0.15, -0.1) is 0 Å². The molecule has 0 saturated heterocycles. The first-order valence-corrected chi connectivity index (χ1v) is 3.82. The Bertz CT molecular complexity index is 128. The highest BCUT2D eigenvalue weighted by atomic mass is 16.5. The monoisotopic (exact) mass is 155 g/mol. The standard InChI is InChI=1S/C9H15O2/c1-3-4-5-6-7-8-9(10)11-2/h5-6H,1,3-4,7-8H2,2H3/b6-5+. The lowest BCUT2D eigenvalue weighted by Crippen LogP contribution is -1.97. The van der Waals surface area contributed by atoms with Gasteiger partial charge in [-0.05, 0) is 19.3 Å². The van der Waals surface area contributed by atoms with Crippen LogP contribution in [-0.4, -0.2) is 13.1 Å². The maximum absolute atomic E-state index is 10.6. The molecule has 0 atom stereocenters. The van der Waals surface area contributed by atoms with Crippen LogP contribution in [0.5, 0.6) is 0 Å². The largest absolute Gasteiger partial charge is 0.469 e. The molecule has 63 valence electrons. The van der Waals surface area contributed by atoms with Crippen LogP contribution in [0.4, 0.5) is 0 Å². The summed E-state index contributed by atoms with van der Waals surface area (Å²) in [6, 6.07) is 0. The van der Waals surface area contributed by atoms with Gasteiger partial charge in [0.05, 0.1) is 7.11 Å². The fraction of sp³-hybridized carbons (Fsp3) is 0.556. The number of ether oxygens (including phenoxy) is 1. The normalized spacial score (nSPS) is 10.4. The smallest absolute Gasteiger partial charge is 0.305 e. The zero-order valence-electron chi connectivity index (χ0n) is 7.01. The first kappa shape index (κ1) is 10.2. The van der Waals surface area contributed by atoms with E-state index >= 15 is 0 Å². The van der Waals surface area contributed by atoms with E-state index in [0.717, 1.165) is 19.3 Å². The number of carbonyl (C=O) groups is 1. The van der Waals surface area contributed by atoms with Crippen molar-refractivity contribution in [3.05, 3.63) is 19.1 Å². The van der Waals surface area contributed by atoms with E-state index in [1.807, 2.05) is 12.2 Å². The van der Waals surface area contributed by atoms with Gasteiger partial charge in [0, 0.05) is 6.42 Å². The van der Waals surface area contributed by atoms with Crippen LogP contribution >= 0.6 is 0 Å². The molecule has 0 spiro atoms. The van der Waals surface area contributed by atoms with Gasteiger partial charge in [-0.1, -0.05) is 19.1 Å². The van der Waals surface area contributed by atoms with E-state index in [1.54, 1.807) is 0 Å². The van der Waals surface area contributed by atoms with E-state index in [0.29, 0.717) is 6.42 Å².